The number of hydrazine groups is 1. The van der Waals surface area contributed by atoms with E-state index in [0.29, 0.717) is 23.6 Å². The SMILES string of the molecule is CCOc1c(Br)cc(C=C2C(=O)NN(c3ccccc3)C2=O)cc1Br. The van der Waals surface area contributed by atoms with E-state index in [0.717, 1.165) is 8.95 Å². The zero-order valence-electron chi connectivity index (χ0n) is 13.3. The molecule has 1 saturated heterocycles. The van der Waals surface area contributed by atoms with Gasteiger partial charge in [-0.25, -0.2) is 5.01 Å². The van der Waals surface area contributed by atoms with Gasteiger partial charge in [0.05, 0.1) is 21.2 Å². The molecule has 1 N–H and O–H groups in total. The summed E-state index contributed by atoms with van der Waals surface area (Å²) in [6.07, 6.45) is 1.56. The zero-order valence-corrected chi connectivity index (χ0v) is 16.4. The Labute approximate surface area is 161 Å². The topological polar surface area (TPSA) is 58.6 Å². The van der Waals surface area contributed by atoms with Crippen LogP contribution in [0.1, 0.15) is 12.5 Å². The lowest BCUT2D eigenvalue weighted by Crippen LogP contribution is -2.35. The fourth-order valence-electron chi connectivity index (χ4n) is 2.43. The van der Waals surface area contributed by atoms with E-state index in [1.54, 1.807) is 42.5 Å². The molecule has 1 aliphatic rings. The van der Waals surface area contributed by atoms with Crippen molar-refractivity contribution in [2.75, 3.05) is 11.6 Å². The molecular weight excluding hydrogens is 452 g/mol. The molecule has 1 heterocycles. The van der Waals surface area contributed by atoms with Crippen molar-refractivity contribution in [3.8, 4) is 5.75 Å². The lowest BCUT2D eigenvalue weighted by Gasteiger charge is -2.13. The molecule has 0 spiro atoms. The molecule has 5 nitrogen and oxygen atoms in total. The molecule has 1 aliphatic heterocycles. The standard InChI is InChI=1S/C18H14Br2N2O3/c1-2-25-16-14(19)9-11(10-15(16)20)8-13-17(23)21-22(18(13)24)12-6-4-3-5-7-12/h3-10H,2H2,1H3,(H,21,23). The molecule has 0 saturated carbocycles. The maximum absolute atomic E-state index is 12.6. The number of anilines is 1. The number of nitrogens with zero attached hydrogens (tertiary/aromatic N) is 1. The number of hydrogen-bond acceptors (Lipinski definition) is 3. The van der Waals surface area contributed by atoms with Crippen LogP contribution >= 0.6 is 31.9 Å². The number of amides is 2. The largest absolute Gasteiger partial charge is 0.492 e. The van der Waals surface area contributed by atoms with E-state index in [9.17, 15) is 9.59 Å². The predicted octanol–water partition coefficient (Wildman–Crippen LogP) is 4.07. The molecule has 2 aromatic carbocycles. The van der Waals surface area contributed by atoms with Gasteiger partial charge in [-0.1, -0.05) is 18.2 Å². The third-order valence-electron chi connectivity index (χ3n) is 3.53. The van der Waals surface area contributed by atoms with Gasteiger partial charge in [0.15, 0.2) is 0 Å². The molecule has 0 radical (unpaired) electrons. The molecule has 0 aromatic heterocycles. The van der Waals surface area contributed by atoms with E-state index in [1.165, 1.54) is 5.01 Å². The number of para-hydroxylation sites is 1. The first-order valence-electron chi connectivity index (χ1n) is 7.55. The summed E-state index contributed by atoms with van der Waals surface area (Å²) in [7, 11) is 0. The third-order valence-corrected chi connectivity index (χ3v) is 4.70. The van der Waals surface area contributed by atoms with Crippen molar-refractivity contribution < 1.29 is 14.3 Å². The zero-order chi connectivity index (χ0) is 18.0. The first-order chi connectivity index (χ1) is 12.0. The molecule has 0 atom stereocenters. The summed E-state index contributed by atoms with van der Waals surface area (Å²) < 4.78 is 7.02. The summed E-state index contributed by atoms with van der Waals surface area (Å²) in [5.41, 5.74) is 3.97. The van der Waals surface area contributed by atoms with E-state index in [1.807, 2.05) is 13.0 Å². The van der Waals surface area contributed by atoms with Crippen molar-refractivity contribution >= 4 is 55.4 Å². The molecule has 25 heavy (non-hydrogen) atoms. The highest BCUT2D eigenvalue weighted by molar-refractivity contribution is 9.11. The van der Waals surface area contributed by atoms with Crippen molar-refractivity contribution in [1.29, 1.82) is 0 Å². The van der Waals surface area contributed by atoms with Gasteiger partial charge in [-0.15, -0.1) is 0 Å². The normalized spacial score (nSPS) is 15.6. The van der Waals surface area contributed by atoms with Crippen LogP contribution in [0.5, 0.6) is 5.75 Å². The van der Waals surface area contributed by atoms with Gasteiger partial charge in [-0.3, -0.25) is 15.0 Å². The maximum atomic E-state index is 12.6. The first-order valence-corrected chi connectivity index (χ1v) is 9.14. The number of carbonyl (C=O) groups excluding carboxylic acids is 2. The van der Waals surface area contributed by atoms with Crippen LogP contribution in [0.3, 0.4) is 0 Å². The van der Waals surface area contributed by atoms with Crippen LogP contribution in [0.4, 0.5) is 5.69 Å². The Balaban J connectivity index is 1.94. The molecule has 0 unspecified atom stereocenters. The predicted molar refractivity (Wildman–Crippen MR) is 103 cm³/mol. The number of rotatable bonds is 4. The van der Waals surface area contributed by atoms with Gasteiger partial charge in [0, 0.05) is 0 Å². The minimum Gasteiger partial charge on any atom is -0.492 e. The van der Waals surface area contributed by atoms with Crippen molar-refractivity contribution in [3.05, 3.63) is 62.5 Å². The minimum atomic E-state index is -0.435. The number of ether oxygens (including phenoxy) is 1. The van der Waals surface area contributed by atoms with Crippen molar-refractivity contribution in [3.63, 3.8) is 0 Å². The quantitative estimate of drug-likeness (QED) is 0.546. The average Bonchev–Trinajstić information content (AvgIpc) is 2.87. The number of hydrogen-bond donors (Lipinski definition) is 1. The highest BCUT2D eigenvalue weighted by Crippen LogP contribution is 2.35. The first kappa shape index (κ1) is 17.7. The molecule has 128 valence electrons. The van der Waals surface area contributed by atoms with E-state index >= 15 is 0 Å². The Morgan fingerprint density at radius 2 is 1.76 bits per heavy atom. The monoisotopic (exact) mass is 464 g/mol. The van der Waals surface area contributed by atoms with E-state index < -0.39 is 11.8 Å². The molecule has 2 amide bonds. The van der Waals surface area contributed by atoms with Gasteiger partial charge >= 0.3 is 0 Å². The van der Waals surface area contributed by atoms with Crippen LogP contribution in [-0.4, -0.2) is 18.4 Å². The van der Waals surface area contributed by atoms with Gasteiger partial charge in [0.2, 0.25) is 0 Å². The molecule has 1 fully saturated rings. The van der Waals surface area contributed by atoms with E-state index in [2.05, 4.69) is 37.3 Å². The second kappa shape index (κ2) is 7.41. The summed E-state index contributed by atoms with van der Waals surface area (Å²) in [4.78, 5) is 24.8. The molecule has 2 aromatic rings. The smallest absolute Gasteiger partial charge is 0.282 e. The average molecular weight is 466 g/mol. The summed E-state index contributed by atoms with van der Waals surface area (Å²) in [5, 5.41) is 1.24. The summed E-state index contributed by atoms with van der Waals surface area (Å²) >= 11 is 6.89. The fourth-order valence-corrected chi connectivity index (χ4v) is 3.88. The van der Waals surface area contributed by atoms with Crippen molar-refractivity contribution in [2.24, 2.45) is 0 Å². The van der Waals surface area contributed by atoms with Crippen LogP contribution in [0, 0.1) is 0 Å². The van der Waals surface area contributed by atoms with E-state index in [4.69, 9.17) is 4.74 Å². The van der Waals surface area contributed by atoms with Gasteiger partial charge < -0.3 is 4.74 Å². The van der Waals surface area contributed by atoms with Crippen LogP contribution in [-0.2, 0) is 9.59 Å². The third kappa shape index (κ3) is 3.62. The number of halogens is 2. The van der Waals surface area contributed by atoms with Crippen molar-refractivity contribution in [2.45, 2.75) is 6.92 Å². The summed E-state index contributed by atoms with van der Waals surface area (Å²) in [6.45, 7) is 2.43. The van der Waals surface area contributed by atoms with E-state index in [-0.39, 0.29) is 5.57 Å². The Morgan fingerprint density at radius 1 is 1.12 bits per heavy atom. The molecule has 0 aliphatic carbocycles. The van der Waals surface area contributed by atoms with Gasteiger partial charge in [0.25, 0.3) is 11.8 Å². The summed E-state index contributed by atoms with van der Waals surface area (Å²) in [5.74, 6) is -0.148. The number of benzene rings is 2. The van der Waals surface area contributed by atoms with Crippen LogP contribution < -0.4 is 15.2 Å². The lowest BCUT2D eigenvalue weighted by atomic mass is 10.1. The minimum absolute atomic E-state index is 0.0758. The molecular formula is C18H14Br2N2O3. The number of carbonyl (C=O) groups is 2. The van der Waals surface area contributed by atoms with Crippen LogP contribution in [0.15, 0.2) is 57.0 Å². The lowest BCUT2D eigenvalue weighted by molar-refractivity contribution is -0.117. The molecule has 0 bridgehead atoms. The van der Waals surface area contributed by atoms with Crippen molar-refractivity contribution in [1.82, 2.24) is 5.43 Å². The van der Waals surface area contributed by atoms with Gasteiger partial charge in [0.1, 0.15) is 11.3 Å². The Kier molecular flexibility index (Phi) is 5.24. The molecule has 7 heteroatoms. The highest BCUT2D eigenvalue weighted by atomic mass is 79.9. The maximum Gasteiger partial charge on any atom is 0.282 e. The van der Waals surface area contributed by atoms with Gasteiger partial charge in [-0.2, -0.15) is 0 Å². The van der Waals surface area contributed by atoms with Crippen LogP contribution in [0.25, 0.3) is 6.08 Å². The fraction of sp³-hybridized carbons (Fsp3) is 0.111. The Hall–Kier alpha value is -2.12. The van der Waals surface area contributed by atoms with Gasteiger partial charge in [-0.05, 0) is 74.7 Å². The van der Waals surface area contributed by atoms with Crippen LogP contribution in [0.2, 0.25) is 0 Å². The number of nitrogens with one attached hydrogen (secondary N) is 1. The highest BCUT2D eigenvalue weighted by Gasteiger charge is 2.34. The Bertz CT molecular complexity index is 843. The Morgan fingerprint density at radius 3 is 2.36 bits per heavy atom. The summed E-state index contributed by atoms with van der Waals surface area (Å²) in [6, 6.07) is 12.6. The second-order valence-corrected chi connectivity index (χ2v) is 6.93. The molecule has 3 rings (SSSR count). The second-order valence-electron chi connectivity index (χ2n) is 5.22.